The molecule has 0 saturated carbocycles. The first kappa shape index (κ1) is 12.4. The van der Waals surface area contributed by atoms with Crippen molar-refractivity contribution >= 4 is 17.3 Å². The number of nitrogens with one attached hydrogen (secondary N) is 2. The van der Waals surface area contributed by atoms with E-state index in [9.17, 15) is 19.3 Å². The van der Waals surface area contributed by atoms with Crippen LogP contribution in [-0.4, -0.2) is 23.9 Å². The van der Waals surface area contributed by atoms with Gasteiger partial charge in [-0.05, 0) is 25.1 Å². The lowest BCUT2D eigenvalue weighted by molar-refractivity contribution is -0.387. The van der Waals surface area contributed by atoms with E-state index in [1.807, 2.05) is 0 Å². The van der Waals surface area contributed by atoms with Crippen molar-refractivity contribution in [3.8, 4) is 0 Å². The first-order valence-electron chi connectivity index (χ1n) is 5.53. The van der Waals surface area contributed by atoms with Gasteiger partial charge in [-0.2, -0.15) is 4.39 Å². The molecule has 1 saturated heterocycles. The lowest BCUT2D eigenvalue weighted by Gasteiger charge is -2.09. The summed E-state index contributed by atoms with van der Waals surface area (Å²) in [6.45, 7) is 1.37. The number of carbonyl (C=O) groups excluding carboxylic acids is 1. The van der Waals surface area contributed by atoms with Crippen LogP contribution in [-0.2, 0) is 4.79 Å². The summed E-state index contributed by atoms with van der Waals surface area (Å²) in [5, 5.41) is 16.2. The monoisotopic (exact) mass is 253 g/mol. The van der Waals surface area contributed by atoms with E-state index in [0.29, 0.717) is 6.54 Å². The van der Waals surface area contributed by atoms with Gasteiger partial charge < -0.3 is 10.6 Å². The van der Waals surface area contributed by atoms with Gasteiger partial charge in [-0.15, -0.1) is 0 Å². The van der Waals surface area contributed by atoms with E-state index in [1.165, 1.54) is 6.07 Å². The predicted molar refractivity (Wildman–Crippen MR) is 62.7 cm³/mol. The van der Waals surface area contributed by atoms with Gasteiger partial charge >= 0.3 is 5.69 Å². The van der Waals surface area contributed by atoms with E-state index in [-0.39, 0.29) is 17.5 Å². The van der Waals surface area contributed by atoms with Crippen LogP contribution in [0.5, 0.6) is 0 Å². The number of carbonyl (C=O) groups is 1. The van der Waals surface area contributed by atoms with Crippen molar-refractivity contribution in [1.82, 2.24) is 5.32 Å². The van der Waals surface area contributed by atoms with E-state index < -0.39 is 16.4 Å². The largest absolute Gasteiger partial charge is 0.326 e. The van der Waals surface area contributed by atoms with Gasteiger partial charge in [0.25, 0.3) is 0 Å². The highest BCUT2D eigenvalue weighted by atomic mass is 19.1. The van der Waals surface area contributed by atoms with Crippen LogP contribution in [0.2, 0.25) is 0 Å². The average Bonchev–Trinajstić information content (AvgIpc) is 2.85. The Morgan fingerprint density at radius 3 is 2.94 bits per heavy atom. The Balaban J connectivity index is 2.11. The predicted octanol–water partition coefficient (Wildman–Crippen LogP) is 1.28. The molecule has 0 spiro atoms. The zero-order chi connectivity index (χ0) is 13.1. The number of halogens is 1. The third kappa shape index (κ3) is 2.62. The van der Waals surface area contributed by atoms with Gasteiger partial charge in [0.05, 0.1) is 10.8 Å². The Morgan fingerprint density at radius 1 is 1.56 bits per heavy atom. The average molecular weight is 253 g/mol. The van der Waals surface area contributed by atoms with Gasteiger partial charge in [0, 0.05) is 18.3 Å². The van der Waals surface area contributed by atoms with Crippen LogP contribution in [0.15, 0.2) is 18.2 Å². The maximum Gasteiger partial charge on any atom is 0.306 e. The normalized spacial score (nSPS) is 18.6. The third-order valence-electron chi connectivity index (χ3n) is 2.84. The minimum absolute atomic E-state index is 0.144. The number of anilines is 1. The van der Waals surface area contributed by atoms with Crippen molar-refractivity contribution in [3.63, 3.8) is 0 Å². The van der Waals surface area contributed by atoms with Crippen LogP contribution >= 0.6 is 0 Å². The molecular weight excluding hydrogens is 241 g/mol. The summed E-state index contributed by atoms with van der Waals surface area (Å²) in [4.78, 5) is 21.5. The molecule has 2 rings (SSSR count). The molecule has 1 aromatic carbocycles. The lowest BCUT2D eigenvalue weighted by Crippen LogP contribution is -2.24. The number of hydrogen-bond acceptors (Lipinski definition) is 4. The van der Waals surface area contributed by atoms with Gasteiger partial charge in [0.15, 0.2) is 0 Å². The molecular formula is C11H12FN3O3. The number of nitrogens with zero attached hydrogens (tertiary/aromatic N) is 1. The molecule has 1 aliphatic heterocycles. The Kier molecular flexibility index (Phi) is 3.52. The van der Waals surface area contributed by atoms with Crippen molar-refractivity contribution in [3.05, 3.63) is 34.1 Å². The molecule has 1 atom stereocenters. The fraction of sp³-hybridized carbons (Fsp3) is 0.364. The fourth-order valence-electron chi connectivity index (χ4n) is 1.85. The number of nitro groups is 1. The van der Waals surface area contributed by atoms with Crippen molar-refractivity contribution in [2.75, 3.05) is 18.4 Å². The smallest absolute Gasteiger partial charge is 0.306 e. The summed E-state index contributed by atoms with van der Waals surface area (Å²) in [6, 6.07) is 3.30. The highest BCUT2D eigenvalue weighted by molar-refractivity contribution is 5.93. The zero-order valence-electron chi connectivity index (χ0n) is 9.48. The van der Waals surface area contributed by atoms with E-state index >= 15 is 0 Å². The van der Waals surface area contributed by atoms with Crippen LogP contribution in [0.3, 0.4) is 0 Å². The van der Waals surface area contributed by atoms with Crippen molar-refractivity contribution in [2.45, 2.75) is 6.42 Å². The molecule has 2 N–H and O–H groups in total. The topological polar surface area (TPSA) is 84.3 Å². The second-order valence-electron chi connectivity index (χ2n) is 4.10. The van der Waals surface area contributed by atoms with Crippen molar-refractivity contribution < 1.29 is 14.1 Å². The second kappa shape index (κ2) is 5.09. The maximum absolute atomic E-state index is 13.1. The molecule has 96 valence electrons. The van der Waals surface area contributed by atoms with Crippen LogP contribution in [0.4, 0.5) is 15.8 Å². The maximum atomic E-state index is 13.1. The Labute approximate surface area is 102 Å². The highest BCUT2D eigenvalue weighted by Crippen LogP contribution is 2.22. The molecule has 1 unspecified atom stereocenters. The van der Waals surface area contributed by atoms with E-state index in [0.717, 1.165) is 25.1 Å². The van der Waals surface area contributed by atoms with Gasteiger partial charge in [-0.3, -0.25) is 14.9 Å². The quantitative estimate of drug-likeness (QED) is 0.627. The van der Waals surface area contributed by atoms with E-state index in [4.69, 9.17) is 0 Å². The molecule has 1 aliphatic rings. The summed E-state index contributed by atoms with van der Waals surface area (Å²) in [7, 11) is 0. The third-order valence-corrected chi connectivity index (χ3v) is 2.84. The Hall–Kier alpha value is -2.02. The van der Waals surface area contributed by atoms with Crippen molar-refractivity contribution in [1.29, 1.82) is 0 Å². The SMILES string of the molecule is O=C(Nc1ccc(F)c([N+](=O)[O-])c1)C1CCNC1. The number of hydrogen-bond donors (Lipinski definition) is 2. The zero-order valence-corrected chi connectivity index (χ0v) is 9.48. The van der Waals surface area contributed by atoms with Crippen LogP contribution in [0, 0.1) is 21.8 Å². The fourth-order valence-corrected chi connectivity index (χ4v) is 1.85. The van der Waals surface area contributed by atoms with Gasteiger partial charge in [0.2, 0.25) is 11.7 Å². The first-order chi connectivity index (χ1) is 8.58. The van der Waals surface area contributed by atoms with Gasteiger partial charge in [-0.1, -0.05) is 0 Å². The number of benzene rings is 1. The molecule has 0 aliphatic carbocycles. The van der Waals surface area contributed by atoms with Gasteiger partial charge in [-0.25, -0.2) is 0 Å². The van der Waals surface area contributed by atoms with Gasteiger partial charge in [0.1, 0.15) is 0 Å². The second-order valence-corrected chi connectivity index (χ2v) is 4.10. The molecule has 1 heterocycles. The minimum atomic E-state index is -0.916. The lowest BCUT2D eigenvalue weighted by atomic mass is 10.1. The summed E-state index contributed by atoms with van der Waals surface area (Å²) in [5.41, 5.74) is -0.405. The van der Waals surface area contributed by atoms with E-state index in [1.54, 1.807) is 0 Å². The Morgan fingerprint density at radius 2 is 2.33 bits per heavy atom. The molecule has 18 heavy (non-hydrogen) atoms. The summed E-state index contributed by atoms with van der Waals surface area (Å²) in [5.74, 6) is -1.27. The highest BCUT2D eigenvalue weighted by Gasteiger charge is 2.23. The van der Waals surface area contributed by atoms with Crippen LogP contribution < -0.4 is 10.6 Å². The molecule has 0 radical (unpaired) electrons. The number of nitro benzene ring substituents is 1. The molecule has 1 amide bonds. The summed E-state index contributed by atoms with van der Waals surface area (Å²) >= 11 is 0. The molecule has 6 nitrogen and oxygen atoms in total. The minimum Gasteiger partial charge on any atom is -0.326 e. The molecule has 0 bridgehead atoms. The molecule has 0 aromatic heterocycles. The molecule has 1 fully saturated rings. The van der Waals surface area contributed by atoms with Crippen LogP contribution in [0.1, 0.15) is 6.42 Å². The summed E-state index contributed by atoms with van der Waals surface area (Å²) < 4.78 is 13.1. The number of amides is 1. The molecule has 1 aromatic rings. The van der Waals surface area contributed by atoms with Crippen molar-refractivity contribution in [2.24, 2.45) is 5.92 Å². The molecule has 7 heteroatoms. The standard InChI is InChI=1S/C11H12FN3O3/c12-9-2-1-8(5-10(9)15(17)18)14-11(16)7-3-4-13-6-7/h1-2,5,7,13H,3-4,6H2,(H,14,16). The van der Waals surface area contributed by atoms with E-state index in [2.05, 4.69) is 10.6 Å². The van der Waals surface area contributed by atoms with Crippen LogP contribution in [0.25, 0.3) is 0 Å². The Bertz CT molecular complexity index is 486. The summed E-state index contributed by atoms with van der Waals surface area (Å²) in [6.07, 6.45) is 0.731. The number of rotatable bonds is 3. The first-order valence-corrected chi connectivity index (χ1v) is 5.53.